The highest BCUT2D eigenvalue weighted by molar-refractivity contribution is 5.94. The lowest BCUT2D eigenvalue weighted by Crippen LogP contribution is -2.39. The van der Waals surface area contributed by atoms with Crippen molar-refractivity contribution in [1.82, 2.24) is 5.32 Å². The minimum Gasteiger partial charge on any atom is -0.482 e. The number of nitrogens with one attached hydrogen (secondary N) is 1. The number of rotatable bonds is 7. The monoisotopic (exact) mass is 395 g/mol. The highest BCUT2D eigenvalue weighted by Gasteiger charge is 2.25. The van der Waals surface area contributed by atoms with E-state index in [0.29, 0.717) is 11.3 Å². The maximum atomic E-state index is 12.5. The summed E-state index contributed by atoms with van der Waals surface area (Å²) >= 11 is 0. The zero-order valence-corrected chi connectivity index (χ0v) is 16.6. The third-order valence-corrected chi connectivity index (χ3v) is 4.98. The number of fused-ring (bicyclic) bond motifs is 1. The maximum Gasteiger partial charge on any atom is 0.344 e. The van der Waals surface area contributed by atoms with Crippen LogP contribution in [0, 0.1) is 0 Å². The fourth-order valence-electron chi connectivity index (χ4n) is 3.41. The highest BCUT2D eigenvalue weighted by Crippen LogP contribution is 2.29. The van der Waals surface area contributed by atoms with E-state index in [9.17, 15) is 14.4 Å². The molecular weight excluding hydrogens is 370 g/mol. The third kappa shape index (κ3) is 5.44. The molecule has 0 fully saturated rings. The van der Waals surface area contributed by atoms with Crippen LogP contribution in [0.5, 0.6) is 5.75 Å². The molecule has 1 aliphatic carbocycles. The van der Waals surface area contributed by atoms with Crippen LogP contribution in [0.25, 0.3) is 0 Å². The van der Waals surface area contributed by atoms with E-state index >= 15 is 0 Å². The average Bonchev–Trinajstić information content (AvgIpc) is 2.72. The Morgan fingerprint density at radius 3 is 2.55 bits per heavy atom. The predicted molar refractivity (Wildman–Crippen MR) is 108 cm³/mol. The SMILES string of the molecule is CC(=O)c1ccc(OCC(=O)O[C@@H](C)C(=O)N[C@H]2CCCc3ccccc32)cc1. The summed E-state index contributed by atoms with van der Waals surface area (Å²) in [6.45, 7) is 2.71. The quantitative estimate of drug-likeness (QED) is 0.574. The van der Waals surface area contributed by atoms with Crippen LogP contribution < -0.4 is 10.1 Å². The molecule has 29 heavy (non-hydrogen) atoms. The van der Waals surface area contributed by atoms with E-state index in [1.165, 1.54) is 12.5 Å². The van der Waals surface area contributed by atoms with Gasteiger partial charge in [0.2, 0.25) is 0 Å². The first-order valence-corrected chi connectivity index (χ1v) is 9.75. The lowest BCUT2D eigenvalue weighted by Gasteiger charge is -2.27. The van der Waals surface area contributed by atoms with E-state index in [-0.39, 0.29) is 24.3 Å². The molecule has 0 unspecified atom stereocenters. The van der Waals surface area contributed by atoms with Crippen LogP contribution in [-0.2, 0) is 20.7 Å². The molecule has 0 saturated heterocycles. The first-order valence-electron chi connectivity index (χ1n) is 9.75. The van der Waals surface area contributed by atoms with Gasteiger partial charge in [0.05, 0.1) is 6.04 Å². The first-order chi connectivity index (χ1) is 13.9. The number of carbonyl (C=O) groups excluding carboxylic acids is 3. The summed E-state index contributed by atoms with van der Waals surface area (Å²) in [5.74, 6) is -0.558. The number of amides is 1. The Morgan fingerprint density at radius 2 is 1.83 bits per heavy atom. The van der Waals surface area contributed by atoms with E-state index in [0.717, 1.165) is 24.8 Å². The fraction of sp³-hybridized carbons (Fsp3) is 0.348. The summed E-state index contributed by atoms with van der Waals surface area (Å²) in [5, 5.41) is 2.98. The van der Waals surface area contributed by atoms with E-state index < -0.39 is 12.1 Å². The van der Waals surface area contributed by atoms with Crippen LogP contribution in [0.1, 0.15) is 54.2 Å². The van der Waals surface area contributed by atoms with Crippen molar-refractivity contribution in [3.05, 3.63) is 65.2 Å². The molecule has 2 atom stereocenters. The average molecular weight is 395 g/mol. The maximum absolute atomic E-state index is 12.5. The van der Waals surface area contributed by atoms with Crippen molar-refractivity contribution in [2.24, 2.45) is 0 Å². The molecule has 0 aliphatic heterocycles. The van der Waals surface area contributed by atoms with Crippen molar-refractivity contribution in [2.45, 2.75) is 45.3 Å². The summed E-state index contributed by atoms with van der Waals surface area (Å²) in [6.07, 6.45) is 1.97. The lowest BCUT2D eigenvalue weighted by atomic mass is 9.87. The molecule has 2 aromatic carbocycles. The van der Waals surface area contributed by atoms with Gasteiger partial charge in [0.1, 0.15) is 5.75 Å². The van der Waals surface area contributed by atoms with Crippen LogP contribution >= 0.6 is 0 Å². The smallest absolute Gasteiger partial charge is 0.344 e. The predicted octanol–water partition coefficient (Wildman–Crippen LogP) is 3.39. The van der Waals surface area contributed by atoms with Crippen LogP contribution in [0.4, 0.5) is 0 Å². The van der Waals surface area contributed by atoms with Crippen molar-refractivity contribution in [3.8, 4) is 5.75 Å². The second kappa shape index (κ2) is 9.37. The number of esters is 1. The molecule has 3 rings (SSSR count). The lowest BCUT2D eigenvalue weighted by molar-refractivity contribution is -0.156. The molecule has 6 heteroatoms. The first kappa shape index (κ1) is 20.6. The zero-order valence-electron chi connectivity index (χ0n) is 16.6. The van der Waals surface area contributed by atoms with Gasteiger partial charge in [-0.25, -0.2) is 4.79 Å². The summed E-state index contributed by atoms with van der Waals surface area (Å²) in [4.78, 5) is 35.8. The molecule has 152 valence electrons. The molecule has 0 aromatic heterocycles. The molecule has 0 bridgehead atoms. The Hall–Kier alpha value is -3.15. The Labute approximate surface area is 170 Å². The zero-order chi connectivity index (χ0) is 20.8. The molecule has 1 N–H and O–H groups in total. The van der Waals surface area contributed by atoms with E-state index in [4.69, 9.17) is 9.47 Å². The van der Waals surface area contributed by atoms with Gasteiger partial charge in [0.15, 0.2) is 18.5 Å². The molecule has 0 radical (unpaired) electrons. The van der Waals surface area contributed by atoms with Crippen molar-refractivity contribution in [3.63, 3.8) is 0 Å². The number of Topliss-reactive ketones (excluding diaryl/α,β-unsaturated/α-hetero) is 1. The van der Waals surface area contributed by atoms with Gasteiger partial charge in [-0.15, -0.1) is 0 Å². The number of hydrogen-bond donors (Lipinski definition) is 1. The minimum absolute atomic E-state index is 0.0450. The van der Waals surface area contributed by atoms with Gasteiger partial charge in [-0.1, -0.05) is 24.3 Å². The van der Waals surface area contributed by atoms with Gasteiger partial charge in [0.25, 0.3) is 5.91 Å². The summed E-state index contributed by atoms with van der Waals surface area (Å²) in [7, 11) is 0. The van der Waals surface area contributed by atoms with Crippen LogP contribution in [0.3, 0.4) is 0 Å². The molecule has 0 saturated carbocycles. The largest absolute Gasteiger partial charge is 0.482 e. The molecule has 1 aliphatic rings. The van der Waals surface area contributed by atoms with Crippen molar-refractivity contribution < 1.29 is 23.9 Å². The molecular formula is C23H25NO5. The Balaban J connectivity index is 1.48. The number of hydrogen-bond acceptors (Lipinski definition) is 5. The Morgan fingerprint density at radius 1 is 1.10 bits per heavy atom. The number of ketones is 1. The summed E-state index contributed by atoms with van der Waals surface area (Å²) in [5.41, 5.74) is 2.94. The molecule has 6 nitrogen and oxygen atoms in total. The number of ether oxygens (including phenoxy) is 2. The minimum atomic E-state index is -0.916. The number of aryl methyl sites for hydroxylation is 1. The van der Waals surface area contributed by atoms with E-state index in [1.54, 1.807) is 31.2 Å². The van der Waals surface area contributed by atoms with Gasteiger partial charge in [-0.3, -0.25) is 9.59 Å². The van der Waals surface area contributed by atoms with Gasteiger partial charge < -0.3 is 14.8 Å². The van der Waals surface area contributed by atoms with Gasteiger partial charge in [-0.2, -0.15) is 0 Å². The molecule has 0 heterocycles. The second-order valence-corrected chi connectivity index (χ2v) is 7.15. The summed E-state index contributed by atoms with van der Waals surface area (Å²) in [6, 6.07) is 14.5. The van der Waals surface area contributed by atoms with Crippen LogP contribution in [-0.4, -0.2) is 30.4 Å². The summed E-state index contributed by atoms with van der Waals surface area (Å²) < 4.78 is 10.6. The standard InChI is InChI=1S/C23H25NO5/c1-15(25)17-10-12-19(13-11-17)28-14-22(26)29-16(2)23(27)24-21-9-5-7-18-6-3-4-8-20(18)21/h3-4,6,8,10-13,16,21H,5,7,9,14H2,1-2H3,(H,24,27)/t16-,21-/m0/s1. The van der Waals surface area contributed by atoms with Crippen molar-refractivity contribution >= 4 is 17.7 Å². The van der Waals surface area contributed by atoms with Crippen LogP contribution in [0.15, 0.2) is 48.5 Å². The highest BCUT2D eigenvalue weighted by atomic mass is 16.6. The molecule has 0 spiro atoms. The van der Waals surface area contributed by atoms with E-state index in [1.807, 2.05) is 18.2 Å². The topological polar surface area (TPSA) is 81.7 Å². The fourth-order valence-corrected chi connectivity index (χ4v) is 3.41. The molecule has 1 amide bonds. The third-order valence-electron chi connectivity index (χ3n) is 4.98. The van der Waals surface area contributed by atoms with Crippen molar-refractivity contribution in [1.29, 1.82) is 0 Å². The Bertz CT molecular complexity index is 890. The number of carbonyl (C=O) groups is 3. The van der Waals surface area contributed by atoms with Crippen molar-refractivity contribution in [2.75, 3.05) is 6.61 Å². The normalized spacial score (nSPS) is 16.3. The number of benzene rings is 2. The van der Waals surface area contributed by atoms with Gasteiger partial charge >= 0.3 is 5.97 Å². The van der Waals surface area contributed by atoms with Gasteiger partial charge in [0, 0.05) is 5.56 Å². The van der Waals surface area contributed by atoms with Crippen LogP contribution in [0.2, 0.25) is 0 Å². The van der Waals surface area contributed by atoms with E-state index in [2.05, 4.69) is 11.4 Å². The Kier molecular flexibility index (Phi) is 6.65. The second-order valence-electron chi connectivity index (χ2n) is 7.15. The van der Waals surface area contributed by atoms with Gasteiger partial charge in [-0.05, 0) is 68.5 Å². The molecule has 2 aromatic rings.